The van der Waals surface area contributed by atoms with E-state index in [1.807, 2.05) is 26.8 Å². The van der Waals surface area contributed by atoms with E-state index in [0.29, 0.717) is 29.1 Å². The van der Waals surface area contributed by atoms with E-state index >= 15 is 0 Å². The highest BCUT2D eigenvalue weighted by molar-refractivity contribution is 5.99. The molecular weight excluding hydrogens is 344 g/mol. The van der Waals surface area contributed by atoms with Crippen molar-refractivity contribution in [3.05, 3.63) is 30.1 Å². The van der Waals surface area contributed by atoms with Crippen molar-refractivity contribution in [3.8, 4) is 0 Å². The van der Waals surface area contributed by atoms with Crippen LogP contribution in [0.25, 0.3) is 11.0 Å². The van der Waals surface area contributed by atoms with Crippen molar-refractivity contribution in [1.29, 1.82) is 0 Å². The highest BCUT2D eigenvalue weighted by atomic mass is 16.6. The summed E-state index contributed by atoms with van der Waals surface area (Å²) in [4.78, 5) is 34.4. The van der Waals surface area contributed by atoms with Gasteiger partial charge in [0.15, 0.2) is 6.29 Å². The minimum absolute atomic E-state index is 0.0268. The molecule has 1 amide bonds. The maximum absolute atomic E-state index is 12.2. The summed E-state index contributed by atoms with van der Waals surface area (Å²) in [5.74, 6) is 0.385. The number of piperidine rings is 1. The van der Waals surface area contributed by atoms with Gasteiger partial charge >= 0.3 is 6.09 Å². The van der Waals surface area contributed by atoms with Crippen LogP contribution in [-0.4, -0.2) is 47.1 Å². The van der Waals surface area contributed by atoms with Crippen LogP contribution in [-0.2, 0) is 4.74 Å². The molecule has 1 fully saturated rings. The zero-order valence-electron chi connectivity index (χ0n) is 16.2. The molecule has 0 saturated carbocycles. The van der Waals surface area contributed by atoms with Crippen molar-refractivity contribution in [2.24, 2.45) is 5.92 Å². The smallest absolute Gasteiger partial charge is 0.407 e. The van der Waals surface area contributed by atoms with Crippen molar-refractivity contribution >= 4 is 29.1 Å². The molecule has 7 nitrogen and oxygen atoms in total. The first-order valence-electron chi connectivity index (χ1n) is 9.20. The van der Waals surface area contributed by atoms with Crippen molar-refractivity contribution in [2.75, 3.05) is 18.0 Å². The van der Waals surface area contributed by atoms with Gasteiger partial charge < -0.3 is 15.0 Å². The Balaban J connectivity index is 1.84. The fourth-order valence-electron chi connectivity index (χ4n) is 3.54. The van der Waals surface area contributed by atoms with Gasteiger partial charge in [-0.2, -0.15) is 0 Å². The van der Waals surface area contributed by atoms with Gasteiger partial charge in [0.25, 0.3) is 0 Å². The number of fused-ring (bicyclic) bond motifs is 1. The van der Waals surface area contributed by atoms with Gasteiger partial charge in [-0.3, -0.25) is 14.8 Å². The highest BCUT2D eigenvalue weighted by Crippen LogP contribution is 2.29. The fraction of sp³-hybridized carbons (Fsp3) is 0.500. The summed E-state index contributed by atoms with van der Waals surface area (Å²) in [7, 11) is 0. The number of aldehydes is 1. The number of benzene rings is 1. The normalized spacial score (nSPS) is 20.4. The van der Waals surface area contributed by atoms with E-state index in [1.54, 1.807) is 18.5 Å². The van der Waals surface area contributed by atoms with Crippen LogP contribution in [0.2, 0.25) is 0 Å². The molecule has 1 aliphatic heterocycles. The van der Waals surface area contributed by atoms with Gasteiger partial charge in [-0.05, 0) is 45.2 Å². The van der Waals surface area contributed by atoms with E-state index in [4.69, 9.17) is 4.74 Å². The number of nitrogens with one attached hydrogen (secondary N) is 1. The van der Waals surface area contributed by atoms with Gasteiger partial charge in [-0.25, -0.2) is 4.79 Å². The van der Waals surface area contributed by atoms with E-state index in [1.165, 1.54) is 0 Å². The molecular formula is C20H26N4O3. The number of alkyl carbamates (subject to hydrolysis) is 1. The van der Waals surface area contributed by atoms with Crippen LogP contribution in [0.4, 0.5) is 10.5 Å². The Labute approximate surface area is 159 Å². The van der Waals surface area contributed by atoms with Crippen LogP contribution in [0.15, 0.2) is 24.5 Å². The van der Waals surface area contributed by atoms with E-state index < -0.39 is 11.7 Å². The molecule has 0 spiro atoms. The average Bonchev–Trinajstić information content (AvgIpc) is 2.58. The summed E-state index contributed by atoms with van der Waals surface area (Å²) in [6.45, 7) is 9.20. The predicted octanol–water partition coefficient (Wildman–Crippen LogP) is 3.18. The molecule has 1 aliphatic rings. The third-order valence-electron chi connectivity index (χ3n) is 4.48. The van der Waals surface area contributed by atoms with Crippen LogP contribution >= 0.6 is 0 Å². The zero-order chi connectivity index (χ0) is 19.6. The van der Waals surface area contributed by atoms with Crippen LogP contribution in [0.3, 0.4) is 0 Å². The van der Waals surface area contributed by atoms with Crippen molar-refractivity contribution in [1.82, 2.24) is 15.3 Å². The second-order valence-electron chi connectivity index (χ2n) is 8.13. The first-order chi connectivity index (χ1) is 12.8. The van der Waals surface area contributed by atoms with E-state index in [2.05, 4.69) is 27.1 Å². The summed E-state index contributed by atoms with van der Waals surface area (Å²) in [6.07, 6.45) is 4.50. The summed E-state index contributed by atoms with van der Waals surface area (Å²) in [5, 5.41) is 2.98. The topological polar surface area (TPSA) is 84.4 Å². The predicted molar refractivity (Wildman–Crippen MR) is 104 cm³/mol. The number of rotatable bonds is 3. The molecule has 0 bridgehead atoms. The Morgan fingerprint density at radius 3 is 2.59 bits per heavy atom. The van der Waals surface area contributed by atoms with E-state index in [-0.39, 0.29) is 6.04 Å². The summed E-state index contributed by atoms with van der Waals surface area (Å²) < 4.78 is 5.39. The monoisotopic (exact) mass is 370 g/mol. The number of hydrogen-bond donors (Lipinski definition) is 1. The first-order valence-corrected chi connectivity index (χ1v) is 9.20. The second-order valence-corrected chi connectivity index (χ2v) is 8.13. The van der Waals surface area contributed by atoms with Gasteiger partial charge in [0, 0.05) is 37.1 Å². The van der Waals surface area contributed by atoms with Crippen LogP contribution in [0.1, 0.15) is 44.5 Å². The molecule has 27 heavy (non-hydrogen) atoms. The molecule has 2 aromatic rings. The third-order valence-corrected chi connectivity index (χ3v) is 4.48. The van der Waals surface area contributed by atoms with Crippen molar-refractivity contribution in [2.45, 2.75) is 45.8 Å². The number of aromatic nitrogens is 2. The van der Waals surface area contributed by atoms with Gasteiger partial charge in [0.1, 0.15) is 16.6 Å². The molecule has 1 N–H and O–H groups in total. The minimum Gasteiger partial charge on any atom is -0.444 e. The number of ether oxygens (including phenoxy) is 1. The number of amides is 1. The molecule has 144 valence electrons. The summed E-state index contributed by atoms with van der Waals surface area (Å²) >= 11 is 0. The Morgan fingerprint density at radius 2 is 1.93 bits per heavy atom. The number of carbonyl (C=O) groups is 2. The number of carbonyl (C=O) groups excluding carboxylic acids is 2. The number of anilines is 1. The quantitative estimate of drug-likeness (QED) is 0.836. The standard InChI is InChI=1S/C20H26N4O3/c1-13-9-15(23-19(26)27-20(2,3)4)11-24(10-13)16-6-5-14(12-25)17-18(16)22-8-7-21-17/h5-8,12-13,15H,9-11H2,1-4H3,(H,23,26)/t13-,15+/m0/s1. The van der Waals surface area contributed by atoms with Gasteiger partial charge in [-0.15, -0.1) is 0 Å². The van der Waals surface area contributed by atoms with Gasteiger partial charge in [-0.1, -0.05) is 6.92 Å². The van der Waals surface area contributed by atoms with Gasteiger partial charge in [0.05, 0.1) is 5.69 Å². The maximum Gasteiger partial charge on any atom is 0.407 e. The average molecular weight is 370 g/mol. The highest BCUT2D eigenvalue weighted by Gasteiger charge is 2.29. The third kappa shape index (κ3) is 4.53. The summed E-state index contributed by atoms with van der Waals surface area (Å²) in [6, 6.07) is 3.65. The fourth-order valence-corrected chi connectivity index (χ4v) is 3.54. The number of hydrogen-bond acceptors (Lipinski definition) is 6. The Kier molecular flexibility index (Phi) is 5.30. The second kappa shape index (κ2) is 7.50. The van der Waals surface area contributed by atoms with E-state index in [9.17, 15) is 9.59 Å². The van der Waals surface area contributed by atoms with Crippen LogP contribution < -0.4 is 10.2 Å². The zero-order valence-corrected chi connectivity index (χ0v) is 16.2. The number of nitrogens with zero attached hydrogens (tertiary/aromatic N) is 3. The lowest BCUT2D eigenvalue weighted by molar-refractivity contribution is 0.0495. The Morgan fingerprint density at radius 1 is 1.22 bits per heavy atom. The van der Waals surface area contributed by atoms with Crippen molar-refractivity contribution in [3.63, 3.8) is 0 Å². The first kappa shape index (κ1) is 19.1. The SMILES string of the molecule is C[C@H]1C[C@@H](NC(=O)OC(C)(C)C)CN(c2ccc(C=O)c3nccnc23)C1. The van der Waals surface area contributed by atoms with Crippen LogP contribution in [0, 0.1) is 5.92 Å². The Hall–Kier alpha value is -2.70. The lowest BCUT2D eigenvalue weighted by Gasteiger charge is -2.38. The molecule has 3 rings (SSSR count). The molecule has 1 saturated heterocycles. The lowest BCUT2D eigenvalue weighted by Crippen LogP contribution is -2.51. The van der Waals surface area contributed by atoms with E-state index in [0.717, 1.165) is 24.9 Å². The molecule has 7 heteroatoms. The maximum atomic E-state index is 12.2. The largest absolute Gasteiger partial charge is 0.444 e. The Bertz CT molecular complexity index is 847. The summed E-state index contributed by atoms with van der Waals surface area (Å²) in [5.41, 5.74) is 2.22. The molecule has 0 aliphatic carbocycles. The van der Waals surface area contributed by atoms with Crippen molar-refractivity contribution < 1.29 is 14.3 Å². The molecule has 2 atom stereocenters. The lowest BCUT2D eigenvalue weighted by atomic mass is 9.95. The molecule has 1 aromatic carbocycles. The minimum atomic E-state index is -0.527. The molecule has 0 unspecified atom stereocenters. The molecule has 0 radical (unpaired) electrons. The van der Waals surface area contributed by atoms with Gasteiger partial charge in [0.2, 0.25) is 0 Å². The molecule has 1 aromatic heterocycles. The molecule has 2 heterocycles. The van der Waals surface area contributed by atoms with Crippen LogP contribution in [0.5, 0.6) is 0 Å².